The molecular formula is C11H17NO. The third-order valence-corrected chi connectivity index (χ3v) is 2.42. The zero-order valence-electron chi connectivity index (χ0n) is 8.72. The van der Waals surface area contributed by atoms with Gasteiger partial charge in [-0.05, 0) is 38.6 Å². The molecule has 0 atom stereocenters. The second-order valence-electron chi connectivity index (χ2n) is 3.61. The van der Waals surface area contributed by atoms with Gasteiger partial charge in [0.25, 0.3) is 0 Å². The van der Waals surface area contributed by atoms with Crippen molar-refractivity contribution in [3.63, 3.8) is 0 Å². The molecular weight excluding hydrogens is 162 g/mol. The van der Waals surface area contributed by atoms with Crippen molar-refractivity contribution in [1.29, 1.82) is 0 Å². The zero-order valence-corrected chi connectivity index (χ0v) is 8.72. The van der Waals surface area contributed by atoms with Gasteiger partial charge in [0.05, 0.1) is 7.11 Å². The van der Waals surface area contributed by atoms with Gasteiger partial charge in [-0.25, -0.2) is 0 Å². The normalized spacial score (nSPS) is 11.4. The smallest absolute Gasteiger partial charge is 0.119 e. The predicted molar refractivity (Wildman–Crippen MR) is 55.1 cm³/mol. The average molecular weight is 179 g/mol. The molecule has 0 amide bonds. The van der Waals surface area contributed by atoms with Gasteiger partial charge in [-0.15, -0.1) is 0 Å². The Morgan fingerprint density at radius 2 is 2.00 bits per heavy atom. The van der Waals surface area contributed by atoms with Crippen LogP contribution in [0.15, 0.2) is 24.3 Å². The maximum atomic E-state index is 5.17. The van der Waals surface area contributed by atoms with Crippen molar-refractivity contribution in [1.82, 2.24) is 5.32 Å². The van der Waals surface area contributed by atoms with E-state index in [0.717, 1.165) is 5.75 Å². The molecule has 0 fully saturated rings. The third kappa shape index (κ3) is 2.22. The highest BCUT2D eigenvalue weighted by molar-refractivity contribution is 5.32. The van der Waals surface area contributed by atoms with Crippen molar-refractivity contribution in [2.45, 2.75) is 19.4 Å². The van der Waals surface area contributed by atoms with Crippen LogP contribution in [0.1, 0.15) is 19.4 Å². The highest BCUT2D eigenvalue weighted by atomic mass is 16.5. The number of hydrogen-bond acceptors (Lipinski definition) is 2. The fraction of sp³-hybridized carbons (Fsp3) is 0.455. The molecule has 0 aliphatic carbocycles. The second-order valence-corrected chi connectivity index (χ2v) is 3.61. The molecule has 0 spiro atoms. The molecule has 0 saturated carbocycles. The number of nitrogens with one attached hydrogen (secondary N) is 1. The van der Waals surface area contributed by atoms with E-state index in [9.17, 15) is 0 Å². The van der Waals surface area contributed by atoms with Gasteiger partial charge < -0.3 is 10.1 Å². The Balaban J connectivity index is 3.01. The van der Waals surface area contributed by atoms with Crippen LogP contribution in [0.25, 0.3) is 0 Å². The summed E-state index contributed by atoms with van der Waals surface area (Å²) in [5, 5.41) is 3.25. The molecule has 0 aromatic heterocycles. The molecule has 2 nitrogen and oxygen atoms in total. The monoisotopic (exact) mass is 179 g/mol. The quantitative estimate of drug-likeness (QED) is 0.767. The summed E-state index contributed by atoms with van der Waals surface area (Å²) in [6.45, 7) is 4.28. The van der Waals surface area contributed by atoms with Gasteiger partial charge >= 0.3 is 0 Å². The van der Waals surface area contributed by atoms with E-state index in [4.69, 9.17) is 4.74 Å². The number of benzene rings is 1. The number of rotatable bonds is 3. The molecule has 0 unspecified atom stereocenters. The van der Waals surface area contributed by atoms with E-state index >= 15 is 0 Å². The molecule has 0 radical (unpaired) electrons. The molecule has 13 heavy (non-hydrogen) atoms. The zero-order chi connectivity index (χ0) is 9.90. The molecule has 0 aliphatic heterocycles. The Morgan fingerprint density at radius 3 is 2.54 bits per heavy atom. The average Bonchev–Trinajstić information content (AvgIpc) is 2.18. The molecule has 2 heteroatoms. The molecule has 1 rings (SSSR count). The summed E-state index contributed by atoms with van der Waals surface area (Å²) in [6.07, 6.45) is 0. The van der Waals surface area contributed by atoms with Crippen LogP contribution in [0.5, 0.6) is 5.75 Å². The maximum Gasteiger partial charge on any atom is 0.119 e. The van der Waals surface area contributed by atoms with Gasteiger partial charge in [-0.2, -0.15) is 0 Å². The van der Waals surface area contributed by atoms with E-state index in [1.165, 1.54) is 5.56 Å². The Bertz CT molecular complexity index is 281. The highest BCUT2D eigenvalue weighted by Gasteiger charge is 2.17. The Hall–Kier alpha value is -1.02. The van der Waals surface area contributed by atoms with Crippen LogP contribution in [0, 0.1) is 0 Å². The van der Waals surface area contributed by atoms with Gasteiger partial charge in [0.1, 0.15) is 5.75 Å². The maximum absolute atomic E-state index is 5.17. The minimum absolute atomic E-state index is 0.00542. The minimum atomic E-state index is -0.00542. The largest absolute Gasteiger partial charge is 0.497 e. The van der Waals surface area contributed by atoms with Crippen LogP contribution < -0.4 is 10.1 Å². The van der Waals surface area contributed by atoms with Crippen molar-refractivity contribution in [2.75, 3.05) is 14.2 Å². The Labute approximate surface area is 79.9 Å². The first-order chi connectivity index (χ1) is 6.10. The van der Waals surface area contributed by atoms with Gasteiger partial charge in [-0.3, -0.25) is 0 Å². The van der Waals surface area contributed by atoms with Gasteiger partial charge in [-0.1, -0.05) is 12.1 Å². The predicted octanol–water partition coefficient (Wildman–Crippen LogP) is 2.15. The first kappa shape index (κ1) is 10.1. The molecule has 0 heterocycles. The summed E-state index contributed by atoms with van der Waals surface area (Å²) in [7, 11) is 3.64. The minimum Gasteiger partial charge on any atom is -0.497 e. The molecule has 0 bridgehead atoms. The lowest BCUT2D eigenvalue weighted by Gasteiger charge is -2.24. The summed E-state index contributed by atoms with van der Waals surface area (Å²) in [6, 6.07) is 8.11. The summed E-state index contributed by atoms with van der Waals surface area (Å²) in [5.74, 6) is 0.904. The summed E-state index contributed by atoms with van der Waals surface area (Å²) in [5.41, 5.74) is 1.23. The number of hydrogen-bond donors (Lipinski definition) is 1. The SMILES string of the molecule is CNC(C)(C)c1cccc(OC)c1. The molecule has 0 aliphatic rings. The van der Waals surface area contributed by atoms with Gasteiger partial charge in [0.15, 0.2) is 0 Å². The fourth-order valence-corrected chi connectivity index (χ4v) is 1.16. The first-order valence-electron chi connectivity index (χ1n) is 4.43. The lowest BCUT2D eigenvalue weighted by molar-refractivity contribution is 0.406. The van der Waals surface area contributed by atoms with E-state index in [1.54, 1.807) is 7.11 Å². The summed E-state index contributed by atoms with van der Waals surface area (Å²) in [4.78, 5) is 0. The van der Waals surface area contributed by atoms with Crippen LogP contribution in [-0.2, 0) is 5.54 Å². The van der Waals surface area contributed by atoms with E-state index in [-0.39, 0.29) is 5.54 Å². The van der Waals surface area contributed by atoms with Crippen molar-refractivity contribution >= 4 is 0 Å². The van der Waals surface area contributed by atoms with Crippen molar-refractivity contribution in [3.8, 4) is 5.75 Å². The summed E-state index contributed by atoms with van der Waals surface area (Å²) < 4.78 is 5.17. The van der Waals surface area contributed by atoms with E-state index < -0.39 is 0 Å². The van der Waals surface area contributed by atoms with Crippen LogP contribution >= 0.6 is 0 Å². The van der Waals surface area contributed by atoms with Crippen molar-refractivity contribution in [2.24, 2.45) is 0 Å². The highest BCUT2D eigenvalue weighted by Crippen LogP contribution is 2.23. The lowest BCUT2D eigenvalue weighted by atomic mass is 9.94. The van der Waals surface area contributed by atoms with Crippen LogP contribution in [0.2, 0.25) is 0 Å². The Kier molecular flexibility index (Phi) is 2.94. The molecule has 1 aromatic rings. The van der Waals surface area contributed by atoms with E-state index in [2.05, 4.69) is 31.3 Å². The van der Waals surface area contributed by atoms with Gasteiger partial charge in [0, 0.05) is 5.54 Å². The number of ether oxygens (including phenoxy) is 1. The van der Waals surface area contributed by atoms with Crippen LogP contribution in [-0.4, -0.2) is 14.2 Å². The lowest BCUT2D eigenvalue weighted by Crippen LogP contribution is -2.32. The van der Waals surface area contributed by atoms with E-state index in [0.29, 0.717) is 0 Å². The first-order valence-corrected chi connectivity index (χ1v) is 4.43. The van der Waals surface area contributed by atoms with Crippen LogP contribution in [0.4, 0.5) is 0 Å². The summed E-state index contributed by atoms with van der Waals surface area (Å²) >= 11 is 0. The van der Waals surface area contributed by atoms with Crippen molar-refractivity contribution < 1.29 is 4.74 Å². The number of methoxy groups -OCH3 is 1. The molecule has 1 N–H and O–H groups in total. The topological polar surface area (TPSA) is 21.3 Å². The standard InChI is InChI=1S/C11H17NO/c1-11(2,12-3)9-6-5-7-10(8-9)13-4/h5-8,12H,1-4H3. The fourth-order valence-electron chi connectivity index (χ4n) is 1.16. The second kappa shape index (κ2) is 3.79. The Morgan fingerprint density at radius 1 is 1.31 bits per heavy atom. The van der Waals surface area contributed by atoms with Crippen LogP contribution in [0.3, 0.4) is 0 Å². The molecule has 1 aromatic carbocycles. The van der Waals surface area contributed by atoms with Crippen molar-refractivity contribution in [3.05, 3.63) is 29.8 Å². The third-order valence-electron chi connectivity index (χ3n) is 2.42. The van der Waals surface area contributed by atoms with Gasteiger partial charge in [0.2, 0.25) is 0 Å². The molecule has 0 saturated heterocycles. The molecule has 72 valence electrons. The van der Waals surface area contributed by atoms with E-state index in [1.807, 2.05) is 19.2 Å².